The first-order chi connectivity index (χ1) is 10.7. The number of pyridine rings is 2. The highest BCUT2D eigenvalue weighted by atomic mass is 16.5. The van der Waals surface area contributed by atoms with Gasteiger partial charge in [-0.05, 0) is 13.0 Å². The first kappa shape index (κ1) is 14.3. The predicted molar refractivity (Wildman–Crippen MR) is 81.1 cm³/mol. The third kappa shape index (κ3) is 2.47. The highest BCUT2D eigenvalue weighted by Crippen LogP contribution is 2.34. The molecule has 0 unspecified atom stereocenters. The summed E-state index contributed by atoms with van der Waals surface area (Å²) in [6, 6.07) is 5.81. The second kappa shape index (κ2) is 6.00. The van der Waals surface area contributed by atoms with Crippen molar-refractivity contribution >= 4 is 5.82 Å². The zero-order valence-electron chi connectivity index (χ0n) is 12.3. The molecule has 6 nitrogen and oxygen atoms in total. The summed E-state index contributed by atoms with van der Waals surface area (Å²) >= 11 is 0. The number of fused-ring (bicyclic) bond motifs is 1. The fraction of sp³-hybridized carbons (Fsp3) is 0.312. The quantitative estimate of drug-likeness (QED) is 0.931. The minimum atomic E-state index is 0.257. The normalized spacial score (nSPS) is 13.3. The lowest BCUT2D eigenvalue weighted by atomic mass is 9.93. The molecule has 22 heavy (non-hydrogen) atoms. The van der Waals surface area contributed by atoms with Crippen molar-refractivity contribution in [3.05, 3.63) is 35.2 Å². The van der Waals surface area contributed by atoms with E-state index in [0.717, 1.165) is 22.4 Å². The summed E-state index contributed by atoms with van der Waals surface area (Å²) < 4.78 is 10.9. The van der Waals surface area contributed by atoms with Gasteiger partial charge in [0.25, 0.3) is 0 Å². The standard InChI is InChI=1S/C16H16N4O2/c1-2-22-14-4-3-10(8-19-14)15-11(7-17)16(18)20-13-5-6-21-9-12(13)15/h3-4,8H,2,5-6,9H2,1H3,(H2,18,20). The molecule has 0 aromatic carbocycles. The van der Waals surface area contributed by atoms with Crippen LogP contribution in [0.15, 0.2) is 18.3 Å². The molecule has 2 N–H and O–H groups in total. The minimum absolute atomic E-state index is 0.257. The van der Waals surface area contributed by atoms with Gasteiger partial charge in [0.1, 0.15) is 17.5 Å². The van der Waals surface area contributed by atoms with E-state index in [1.54, 1.807) is 12.3 Å². The SMILES string of the molecule is CCOc1ccc(-c2c(C#N)c(N)nc3c2COCC3)cn1. The Morgan fingerprint density at radius 2 is 2.32 bits per heavy atom. The Labute approximate surface area is 128 Å². The Kier molecular flexibility index (Phi) is 3.90. The van der Waals surface area contributed by atoms with Crippen LogP contribution in [0.3, 0.4) is 0 Å². The maximum atomic E-state index is 9.45. The lowest BCUT2D eigenvalue weighted by Crippen LogP contribution is -2.16. The van der Waals surface area contributed by atoms with Gasteiger partial charge in [0.2, 0.25) is 5.88 Å². The number of nitrogens with two attached hydrogens (primary N) is 1. The lowest BCUT2D eigenvalue weighted by Gasteiger charge is -2.21. The first-order valence-corrected chi connectivity index (χ1v) is 7.13. The van der Waals surface area contributed by atoms with Crippen LogP contribution in [0.2, 0.25) is 0 Å². The molecular weight excluding hydrogens is 280 g/mol. The summed E-state index contributed by atoms with van der Waals surface area (Å²) in [5.74, 6) is 0.809. The maximum absolute atomic E-state index is 9.45. The molecule has 1 aliphatic heterocycles. The topological polar surface area (TPSA) is 94.0 Å². The van der Waals surface area contributed by atoms with Crippen LogP contribution >= 0.6 is 0 Å². The lowest BCUT2D eigenvalue weighted by molar-refractivity contribution is 0.109. The van der Waals surface area contributed by atoms with Crippen molar-refractivity contribution < 1.29 is 9.47 Å². The van der Waals surface area contributed by atoms with E-state index in [0.29, 0.717) is 37.7 Å². The summed E-state index contributed by atoms with van der Waals surface area (Å²) in [6.07, 6.45) is 2.39. The fourth-order valence-corrected chi connectivity index (χ4v) is 2.59. The summed E-state index contributed by atoms with van der Waals surface area (Å²) in [5.41, 5.74) is 9.72. The predicted octanol–water partition coefficient (Wildman–Crippen LogP) is 2.07. The van der Waals surface area contributed by atoms with Crippen LogP contribution in [-0.2, 0) is 17.8 Å². The zero-order valence-corrected chi connectivity index (χ0v) is 12.3. The smallest absolute Gasteiger partial charge is 0.213 e. The van der Waals surface area contributed by atoms with Gasteiger partial charge in [-0.2, -0.15) is 5.26 Å². The summed E-state index contributed by atoms with van der Waals surface area (Å²) in [7, 11) is 0. The van der Waals surface area contributed by atoms with Crippen molar-refractivity contribution in [2.45, 2.75) is 20.0 Å². The number of ether oxygens (including phenoxy) is 2. The molecule has 0 atom stereocenters. The van der Waals surface area contributed by atoms with E-state index < -0.39 is 0 Å². The monoisotopic (exact) mass is 296 g/mol. The van der Waals surface area contributed by atoms with Crippen LogP contribution < -0.4 is 10.5 Å². The number of aromatic nitrogens is 2. The van der Waals surface area contributed by atoms with Gasteiger partial charge in [-0.3, -0.25) is 0 Å². The molecule has 0 aliphatic carbocycles. The van der Waals surface area contributed by atoms with Crippen LogP contribution in [0.4, 0.5) is 5.82 Å². The van der Waals surface area contributed by atoms with Crippen LogP contribution in [0.1, 0.15) is 23.7 Å². The van der Waals surface area contributed by atoms with Crippen LogP contribution in [0.5, 0.6) is 5.88 Å². The molecule has 0 spiro atoms. The molecule has 112 valence electrons. The fourth-order valence-electron chi connectivity index (χ4n) is 2.59. The minimum Gasteiger partial charge on any atom is -0.478 e. The molecule has 2 aromatic heterocycles. The van der Waals surface area contributed by atoms with Gasteiger partial charge in [-0.1, -0.05) is 0 Å². The number of nitriles is 1. The van der Waals surface area contributed by atoms with E-state index in [9.17, 15) is 5.26 Å². The van der Waals surface area contributed by atoms with Crippen LogP contribution in [-0.4, -0.2) is 23.2 Å². The maximum Gasteiger partial charge on any atom is 0.213 e. The second-order valence-corrected chi connectivity index (χ2v) is 4.90. The first-order valence-electron chi connectivity index (χ1n) is 7.13. The Balaban J connectivity index is 2.16. The molecule has 0 bridgehead atoms. The van der Waals surface area contributed by atoms with Crippen molar-refractivity contribution in [2.75, 3.05) is 18.9 Å². The third-order valence-corrected chi connectivity index (χ3v) is 3.57. The molecule has 0 amide bonds. The molecule has 6 heteroatoms. The molecule has 3 rings (SSSR count). The number of nitrogens with zero attached hydrogens (tertiary/aromatic N) is 3. The Morgan fingerprint density at radius 1 is 1.45 bits per heavy atom. The number of hydrogen-bond donors (Lipinski definition) is 1. The summed E-state index contributed by atoms with van der Waals surface area (Å²) in [5, 5.41) is 9.45. The van der Waals surface area contributed by atoms with Crippen LogP contribution in [0, 0.1) is 11.3 Å². The van der Waals surface area contributed by atoms with Gasteiger partial charge in [0.15, 0.2) is 0 Å². The summed E-state index contributed by atoms with van der Waals surface area (Å²) in [6.45, 7) is 3.51. The highest BCUT2D eigenvalue weighted by molar-refractivity contribution is 5.78. The largest absolute Gasteiger partial charge is 0.478 e. The van der Waals surface area contributed by atoms with Gasteiger partial charge in [-0.25, -0.2) is 9.97 Å². The molecule has 3 heterocycles. The molecule has 0 saturated heterocycles. The van der Waals surface area contributed by atoms with E-state index >= 15 is 0 Å². The number of hydrogen-bond acceptors (Lipinski definition) is 6. The third-order valence-electron chi connectivity index (χ3n) is 3.57. The van der Waals surface area contributed by atoms with E-state index in [1.807, 2.05) is 13.0 Å². The number of anilines is 1. The second-order valence-electron chi connectivity index (χ2n) is 4.90. The molecule has 0 fully saturated rings. The average molecular weight is 296 g/mol. The number of nitrogen functional groups attached to an aromatic ring is 1. The van der Waals surface area contributed by atoms with Gasteiger partial charge < -0.3 is 15.2 Å². The van der Waals surface area contributed by atoms with Gasteiger partial charge in [-0.15, -0.1) is 0 Å². The van der Waals surface area contributed by atoms with E-state index in [-0.39, 0.29) is 5.82 Å². The van der Waals surface area contributed by atoms with Crippen molar-refractivity contribution in [3.63, 3.8) is 0 Å². The average Bonchev–Trinajstić information content (AvgIpc) is 2.55. The summed E-state index contributed by atoms with van der Waals surface area (Å²) in [4.78, 5) is 8.61. The van der Waals surface area contributed by atoms with E-state index in [4.69, 9.17) is 15.2 Å². The van der Waals surface area contributed by atoms with Crippen molar-refractivity contribution in [2.24, 2.45) is 0 Å². The zero-order chi connectivity index (χ0) is 15.5. The van der Waals surface area contributed by atoms with Gasteiger partial charge >= 0.3 is 0 Å². The molecule has 0 saturated carbocycles. The Morgan fingerprint density at radius 3 is 3.00 bits per heavy atom. The Hall–Kier alpha value is -2.65. The van der Waals surface area contributed by atoms with Crippen molar-refractivity contribution in [1.29, 1.82) is 5.26 Å². The van der Waals surface area contributed by atoms with Gasteiger partial charge in [0, 0.05) is 35.4 Å². The Bertz CT molecular complexity index is 735. The van der Waals surface area contributed by atoms with Crippen molar-refractivity contribution in [1.82, 2.24) is 9.97 Å². The molecule has 0 radical (unpaired) electrons. The van der Waals surface area contributed by atoms with E-state index in [1.165, 1.54) is 0 Å². The van der Waals surface area contributed by atoms with Gasteiger partial charge in [0.05, 0.1) is 25.5 Å². The highest BCUT2D eigenvalue weighted by Gasteiger charge is 2.22. The van der Waals surface area contributed by atoms with Crippen molar-refractivity contribution in [3.8, 4) is 23.1 Å². The van der Waals surface area contributed by atoms with E-state index in [2.05, 4.69) is 16.0 Å². The molecule has 1 aliphatic rings. The number of rotatable bonds is 3. The molecular formula is C16H16N4O2. The molecule has 2 aromatic rings. The van der Waals surface area contributed by atoms with Crippen LogP contribution in [0.25, 0.3) is 11.1 Å².